The van der Waals surface area contributed by atoms with Crippen molar-refractivity contribution in [3.8, 4) is 0 Å². The second-order valence-electron chi connectivity index (χ2n) is 3.42. The van der Waals surface area contributed by atoms with E-state index < -0.39 is 0 Å². The van der Waals surface area contributed by atoms with Crippen molar-refractivity contribution in [2.75, 3.05) is 38.0 Å². The summed E-state index contributed by atoms with van der Waals surface area (Å²) in [6, 6.07) is 3.45. The summed E-state index contributed by atoms with van der Waals surface area (Å²) in [6.45, 7) is 0.844. The number of carbonyl (C=O) groups is 1. The predicted octanol–water partition coefficient (Wildman–Crippen LogP) is 0.953. The average molecular weight is 240 g/mol. The summed E-state index contributed by atoms with van der Waals surface area (Å²) in [6.07, 6.45) is 2.05. The van der Waals surface area contributed by atoms with Gasteiger partial charge in [-0.25, -0.2) is 0 Å². The van der Waals surface area contributed by atoms with Gasteiger partial charge in [0.25, 0.3) is 5.91 Å². The molecule has 0 saturated carbocycles. The lowest BCUT2D eigenvalue weighted by Crippen LogP contribution is -2.23. The van der Waals surface area contributed by atoms with Gasteiger partial charge in [-0.1, -0.05) is 0 Å². The Morgan fingerprint density at radius 2 is 2.19 bits per heavy atom. The van der Waals surface area contributed by atoms with Crippen LogP contribution in [0.2, 0.25) is 0 Å². The number of hydrogen-bond acceptors (Lipinski definition) is 5. The first-order chi connectivity index (χ1) is 7.65. The third-order valence-corrected chi connectivity index (χ3v) is 2.51. The summed E-state index contributed by atoms with van der Waals surface area (Å²) in [7, 11) is 3.38. The molecule has 1 heterocycles. The minimum absolute atomic E-state index is 0.136. The minimum atomic E-state index is -0.136. The monoisotopic (exact) mass is 240 g/mol. The molecule has 0 aliphatic heterocycles. The van der Waals surface area contributed by atoms with Crippen LogP contribution in [0.15, 0.2) is 12.1 Å². The van der Waals surface area contributed by atoms with E-state index in [1.54, 1.807) is 38.0 Å². The number of nitrogens with one attached hydrogen (secondary N) is 1. The van der Waals surface area contributed by atoms with Crippen LogP contribution in [-0.2, 0) is 0 Å². The van der Waals surface area contributed by atoms with E-state index in [1.807, 2.05) is 6.26 Å². The van der Waals surface area contributed by atoms with Crippen LogP contribution >= 0.6 is 11.8 Å². The molecule has 0 aliphatic carbocycles. The first-order valence-corrected chi connectivity index (χ1v) is 6.32. The third-order valence-electron chi connectivity index (χ3n) is 1.90. The van der Waals surface area contributed by atoms with Crippen molar-refractivity contribution in [3.05, 3.63) is 17.8 Å². The summed E-state index contributed by atoms with van der Waals surface area (Å²) in [5.74, 6) is 1.58. The number of rotatable bonds is 5. The molecule has 0 saturated heterocycles. The maximum Gasteiger partial charge on any atom is 0.273 e. The van der Waals surface area contributed by atoms with Crippen molar-refractivity contribution >= 4 is 23.5 Å². The van der Waals surface area contributed by atoms with Gasteiger partial charge in [0.1, 0.15) is 5.82 Å². The van der Waals surface area contributed by atoms with Gasteiger partial charge in [0.05, 0.1) is 0 Å². The van der Waals surface area contributed by atoms with Gasteiger partial charge in [-0.3, -0.25) is 4.79 Å². The molecule has 0 fully saturated rings. The zero-order valence-electron chi connectivity index (χ0n) is 9.73. The first-order valence-electron chi connectivity index (χ1n) is 4.93. The Kier molecular flexibility index (Phi) is 5.04. The van der Waals surface area contributed by atoms with Gasteiger partial charge < -0.3 is 10.2 Å². The molecule has 0 radical (unpaired) electrons. The fourth-order valence-electron chi connectivity index (χ4n) is 1.05. The molecule has 1 aromatic heterocycles. The van der Waals surface area contributed by atoms with Crippen molar-refractivity contribution in [2.24, 2.45) is 0 Å². The number of carbonyl (C=O) groups excluding carboxylic acids is 1. The molecule has 88 valence electrons. The average Bonchev–Trinajstić information content (AvgIpc) is 2.29. The van der Waals surface area contributed by atoms with Crippen LogP contribution < -0.4 is 5.32 Å². The maximum absolute atomic E-state index is 11.5. The van der Waals surface area contributed by atoms with Gasteiger partial charge in [0.2, 0.25) is 0 Å². The smallest absolute Gasteiger partial charge is 0.273 e. The minimum Gasteiger partial charge on any atom is -0.368 e. The zero-order valence-corrected chi connectivity index (χ0v) is 10.5. The highest BCUT2D eigenvalue weighted by atomic mass is 32.2. The number of aromatic nitrogens is 2. The molecule has 1 N–H and O–H groups in total. The summed E-state index contributed by atoms with van der Waals surface area (Å²) in [5, 5.41) is 10.9. The second-order valence-corrected chi connectivity index (χ2v) is 4.41. The molecule has 0 unspecified atom stereocenters. The lowest BCUT2D eigenvalue weighted by Gasteiger charge is -2.09. The van der Waals surface area contributed by atoms with Crippen LogP contribution in [0, 0.1) is 0 Å². The van der Waals surface area contributed by atoms with E-state index in [-0.39, 0.29) is 5.91 Å². The Bertz CT molecular complexity index is 339. The Labute approximate surface area is 99.6 Å². The fourth-order valence-corrected chi connectivity index (χ4v) is 1.36. The van der Waals surface area contributed by atoms with Gasteiger partial charge in [-0.05, 0) is 18.4 Å². The van der Waals surface area contributed by atoms with Crippen molar-refractivity contribution in [2.45, 2.75) is 0 Å². The first kappa shape index (κ1) is 12.8. The molecule has 0 bridgehead atoms. The lowest BCUT2D eigenvalue weighted by molar-refractivity contribution is 0.0821. The van der Waals surface area contributed by atoms with E-state index in [9.17, 15) is 4.79 Å². The van der Waals surface area contributed by atoms with Crippen LogP contribution in [-0.4, -0.2) is 53.7 Å². The maximum atomic E-state index is 11.5. The van der Waals surface area contributed by atoms with Gasteiger partial charge in [-0.2, -0.15) is 11.8 Å². The van der Waals surface area contributed by atoms with E-state index in [1.165, 1.54) is 4.90 Å². The largest absolute Gasteiger partial charge is 0.368 e. The van der Waals surface area contributed by atoms with Crippen LogP contribution in [0.25, 0.3) is 0 Å². The van der Waals surface area contributed by atoms with Gasteiger partial charge in [0, 0.05) is 26.4 Å². The normalized spacial score (nSPS) is 9.94. The molecular weight excluding hydrogens is 224 g/mol. The van der Waals surface area contributed by atoms with Gasteiger partial charge in [0.15, 0.2) is 5.69 Å². The number of thioether (sulfide) groups is 1. The van der Waals surface area contributed by atoms with Crippen molar-refractivity contribution in [1.82, 2.24) is 15.1 Å². The number of hydrogen-bond donors (Lipinski definition) is 1. The quantitative estimate of drug-likeness (QED) is 0.777. The van der Waals surface area contributed by atoms with Gasteiger partial charge in [-0.15, -0.1) is 10.2 Å². The SMILES string of the molecule is CSCCNc1ccc(C(=O)N(C)C)nn1. The lowest BCUT2D eigenvalue weighted by atomic mass is 10.3. The Morgan fingerprint density at radius 1 is 1.44 bits per heavy atom. The summed E-state index contributed by atoms with van der Waals surface area (Å²) >= 11 is 1.76. The summed E-state index contributed by atoms with van der Waals surface area (Å²) in [4.78, 5) is 13.0. The van der Waals surface area contributed by atoms with E-state index in [2.05, 4.69) is 15.5 Å². The Morgan fingerprint density at radius 3 is 2.69 bits per heavy atom. The molecule has 1 amide bonds. The topological polar surface area (TPSA) is 58.1 Å². The molecule has 1 rings (SSSR count). The fraction of sp³-hybridized carbons (Fsp3) is 0.500. The molecule has 0 spiro atoms. The van der Waals surface area contributed by atoms with Crippen LogP contribution in [0.5, 0.6) is 0 Å². The molecule has 5 nitrogen and oxygen atoms in total. The molecule has 0 aliphatic rings. The molecule has 0 atom stereocenters. The van der Waals surface area contributed by atoms with E-state index >= 15 is 0 Å². The molecule has 6 heteroatoms. The van der Waals surface area contributed by atoms with Gasteiger partial charge >= 0.3 is 0 Å². The Hall–Kier alpha value is -1.30. The predicted molar refractivity (Wildman–Crippen MR) is 66.9 cm³/mol. The van der Waals surface area contributed by atoms with Crippen molar-refractivity contribution in [1.29, 1.82) is 0 Å². The molecule has 0 aromatic carbocycles. The van der Waals surface area contributed by atoms with E-state index in [4.69, 9.17) is 0 Å². The van der Waals surface area contributed by atoms with Crippen molar-refractivity contribution < 1.29 is 4.79 Å². The molecule has 1 aromatic rings. The molecular formula is C10H16N4OS. The zero-order chi connectivity index (χ0) is 12.0. The van der Waals surface area contributed by atoms with E-state index in [0.717, 1.165) is 12.3 Å². The van der Waals surface area contributed by atoms with Crippen LogP contribution in [0.3, 0.4) is 0 Å². The standard InChI is InChI=1S/C10H16N4OS/c1-14(2)10(15)8-4-5-9(13-12-8)11-6-7-16-3/h4-5H,6-7H2,1-3H3,(H,11,13). The highest BCUT2D eigenvalue weighted by Crippen LogP contribution is 2.03. The third kappa shape index (κ3) is 3.69. The Balaban J connectivity index is 2.57. The highest BCUT2D eigenvalue weighted by molar-refractivity contribution is 7.98. The number of nitrogens with zero attached hydrogens (tertiary/aromatic N) is 3. The van der Waals surface area contributed by atoms with Crippen molar-refractivity contribution in [3.63, 3.8) is 0 Å². The second kappa shape index (κ2) is 6.32. The van der Waals surface area contributed by atoms with Crippen LogP contribution in [0.4, 0.5) is 5.82 Å². The summed E-state index contributed by atoms with van der Waals surface area (Å²) in [5.41, 5.74) is 0.361. The summed E-state index contributed by atoms with van der Waals surface area (Å²) < 4.78 is 0. The van der Waals surface area contributed by atoms with Crippen LogP contribution in [0.1, 0.15) is 10.5 Å². The van der Waals surface area contributed by atoms with E-state index in [0.29, 0.717) is 11.5 Å². The number of amides is 1. The number of anilines is 1. The highest BCUT2D eigenvalue weighted by Gasteiger charge is 2.09. The molecule has 16 heavy (non-hydrogen) atoms.